The Balaban J connectivity index is 1.98. The Labute approximate surface area is 182 Å². The number of rotatable bonds is 6. The minimum atomic E-state index is -3.94. The van der Waals surface area contributed by atoms with Crippen LogP contribution in [0.2, 0.25) is 6.82 Å². The maximum Gasteiger partial charge on any atom is 0.409 e. The minimum Gasteiger partial charge on any atom is -0.445 e. The molecule has 1 unspecified atom stereocenters. The van der Waals surface area contributed by atoms with Gasteiger partial charge in [0.2, 0.25) is 9.84 Å². The quantitative estimate of drug-likeness (QED) is 0.684. The summed E-state index contributed by atoms with van der Waals surface area (Å²) in [5.41, 5.74) is 1.44. The van der Waals surface area contributed by atoms with Crippen LogP contribution in [0.15, 0.2) is 52.3 Å². The number of sulfone groups is 1. The van der Waals surface area contributed by atoms with Crippen LogP contribution in [0.3, 0.4) is 0 Å². The van der Waals surface area contributed by atoms with Crippen molar-refractivity contribution >= 4 is 23.0 Å². The number of hydrogen-bond donors (Lipinski definition) is 1. The van der Waals surface area contributed by atoms with Gasteiger partial charge in [-0.1, -0.05) is 12.1 Å². The molecule has 31 heavy (non-hydrogen) atoms. The van der Waals surface area contributed by atoms with E-state index in [1.54, 1.807) is 27.0 Å². The number of benzene rings is 2. The second-order valence-electron chi connectivity index (χ2n) is 7.88. The van der Waals surface area contributed by atoms with Crippen LogP contribution in [0.1, 0.15) is 23.5 Å². The first-order valence-electron chi connectivity index (χ1n) is 9.99. The van der Waals surface area contributed by atoms with Crippen molar-refractivity contribution in [2.75, 3.05) is 27.2 Å². The number of carbonyl (C=O) groups is 1. The van der Waals surface area contributed by atoms with E-state index in [1.165, 1.54) is 35.2 Å². The van der Waals surface area contributed by atoms with Crippen LogP contribution in [0.25, 0.3) is 0 Å². The van der Waals surface area contributed by atoms with Crippen molar-refractivity contribution in [2.45, 2.75) is 35.6 Å². The van der Waals surface area contributed by atoms with Crippen LogP contribution in [-0.2, 0) is 21.2 Å². The molecule has 1 heterocycles. The summed E-state index contributed by atoms with van der Waals surface area (Å²) in [6.07, 6.45) is 0.247. The van der Waals surface area contributed by atoms with Gasteiger partial charge in [0.1, 0.15) is 12.4 Å². The Morgan fingerprint density at radius 3 is 2.58 bits per heavy atom. The molecule has 1 atom stereocenters. The van der Waals surface area contributed by atoms with Gasteiger partial charge < -0.3 is 19.5 Å². The number of halogens is 1. The van der Waals surface area contributed by atoms with E-state index >= 15 is 0 Å². The molecule has 0 bridgehead atoms. The van der Waals surface area contributed by atoms with Gasteiger partial charge >= 0.3 is 13.1 Å². The highest BCUT2D eigenvalue weighted by Gasteiger charge is 2.30. The largest absolute Gasteiger partial charge is 0.445 e. The van der Waals surface area contributed by atoms with E-state index in [1.807, 2.05) is 4.81 Å². The van der Waals surface area contributed by atoms with Gasteiger partial charge in [-0.2, -0.15) is 0 Å². The molecular formula is C21H26BFN2O5S. The summed E-state index contributed by atoms with van der Waals surface area (Å²) in [5.74, 6) is -0.574. The van der Waals surface area contributed by atoms with Crippen LogP contribution < -0.4 is 0 Å². The van der Waals surface area contributed by atoms with Crippen LogP contribution in [0, 0.1) is 5.82 Å². The molecule has 2 aromatic carbocycles. The minimum absolute atomic E-state index is 0.00290. The highest BCUT2D eigenvalue weighted by atomic mass is 32.2. The first-order chi connectivity index (χ1) is 14.6. The first-order valence-corrected chi connectivity index (χ1v) is 11.5. The predicted octanol–water partition coefficient (Wildman–Crippen LogP) is 2.76. The van der Waals surface area contributed by atoms with E-state index in [0.29, 0.717) is 18.7 Å². The number of nitrogens with zero attached hydrogens (tertiary/aromatic N) is 2. The normalized spacial score (nSPS) is 16.9. The zero-order chi connectivity index (χ0) is 22.8. The molecule has 1 N–H and O–H groups in total. The summed E-state index contributed by atoms with van der Waals surface area (Å²) in [6.45, 7) is 2.94. The van der Waals surface area contributed by atoms with E-state index in [-0.39, 0.29) is 22.3 Å². The van der Waals surface area contributed by atoms with Crippen molar-refractivity contribution < 1.29 is 27.4 Å². The van der Waals surface area contributed by atoms with Crippen LogP contribution >= 0.6 is 0 Å². The Morgan fingerprint density at radius 2 is 1.97 bits per heavy atom. The maximum atomic E-state index is 13.6. The lowest BCUT2D eigenvalue weighted by molar-refractivity contribution is 0.111. The van der Waals surface area contributed by atoms with Crippen LogP contribution in [0.5, 0.6) is 0 Å². The summed E-state index contributed by atoms with van der Waals surface area (Å²) in [4.78, 5) is 15.0. The summed E-state index contributed by atoms with van der Waals surface area (Å²) in [7, 11) is -1.40. The van der Waals surface area contributed by atoms with Crippen LogP contribution in [-0.4, -0.2) is 63.5 Å². The van der Waals surface area contributed by atoms with Gasteiger partial charge in [-0.3, -0.25) is 0 Å². The zero-order valence-corrected chi connectivity index (χ0v) is 18.6. The van der Waals surface area contributed by atoms with Crippen molar-refractivity contribution in [3.63, 3.8) is 0 Å². The molecule has 2 aromatic rings. The number of amides is 1. The number of carbonyl (C=O) groups excluding carboxylic acids is 1. The molecule has 0 spiro atoms. The lowest BCUT2D eigenvalue weighted by Gasteiger charge is -2.20. The second kappa shape index (κ2) is 9.38. The first kappa shape index (κ1) is 23.2. The summed E-state index contributed by atoms with van der Waals surface area (Å²) in [6, 6.07) is 9.56. The van der Waals surface area contributed by atoms with E-state index in [2.05, 4.69) is 0 Å². The van der Waals surface area contributed by atoms with Gasteiger partial charge in [-0.05, 0) is 73.7 Å². The Kier molecular flexibility index (Phi) is 7.03. The molecule has 7 nitrogen and oxygen atoms in total. The summed E-state index contributed by atoms with van der Waals surface area (Å²) < 4.78 is 45.0. The van der Waals surface area contributed by atoms with Gasteiger partial charge in [-0.15, -0.1) is 0 Å². The molecule has 1 aliphatic rings. The molecule has 0 saturated carbocycles. The van der Waals surface area contributed by atoms with E-state index in [4.69, 9.17) is 4.74 Å². The fourth-order valence-corrected chi connectivity index (χ4v) is 5.03. The molecule has 1 amide bonds. The molecular weight excluding hydrogens is 422 g/mol. The number of ether oxygens (including phenoxy) is 1. The van der Waals surface area contributed by atoms with Crippen molar-refractivity contribution in [2.24, 2.45) is 0 Å². The van der Waals surface area contributed by atoms with Crippen molar-refractivity contribution in [1.29, 1.82) is 0 Å². The van der Waals surface area contributed by atoms with E-state index in [0.717, 1.165) is 18.1 Å². The zero-order valence-electron chi connectivity index (χ0n) is 17.8. The number of hydrogen-bond acceptors (Lipinski definition) is 6. The third-order valence-corrected chi connectivity index (χ3v) is 7.18. The Hall–Kier alpha value is -2.43. The average molecular weight is 448 g/mol. The van der Waals surface area contributed by atoms with Gasteiger partial charge in [0.05, 0.1) is 9.79 Å². The van der Waals surface area contributed by atoms with Crippen molar-refractivity contribution in [1.82, 2.24) is 9.71 Å². The molecule has 1 fully saturated rings. The summed E-state index contributed by atoms with van der Waals surface area (Å²) >= 11 is 0. The Bertz CT molecular complexity index is 1060. The standard InChI is InChI=1S/C21H26BFN2O5S/c1-22(27)25-10-9-15(13-25)20-8-7-19(11-16(20)14-30-21(26)24(2)3)31(28,29)18-6-4-5-17(23)12-18/h4-8,11-12,15,27H,9-10,13-14H2,1-3H3. The monoisotopic (exact) mass is 448 g/mol. The predicted molar refractivity (Wildman–Crippen MR) is 115 cm³/mol. The fraction of sp³-hybridized carbons (Fsp3) is 0.381. The summed E-state index contributed by atoms with van der Waals surface area (Å²) in [5, 5.41) is 9.86. The second-order valence-corrected chi connectivity index (χ2v) is 9.83. The highest BCUT2D eigenvalue weighted by Crippen LogP contribution is 2.33. The molecule has 166 valence electrons. The van der Waals surface area contributed by atoms with Crippen molar-refractivity contribution in [3.8, 4) is 0 Å². The van der Waals surface area contributed by atoms with E-state index in [9.17, 15) is 22.6 Å². The van der Waals surface area contributed by atoms with Gasteiger partial charge in [0.15, 0.2) is 0 Å². The third-order valence-electron chi connectivity index (χ3n) is 5.44. The fourth-order valence-electron chi connectivity index (χ4n) is 3.69. The molecule has 3 rings (SSSR count). The molecule has 1 aliphatic heterocycles. The Morgan fingerprint density at radius 1 is 1.26 bits per heavy atom. The highest BCUT2D eigenvalue weighted by molar-refractivity contribution is 7.91. The average Bonchev–Trinajstić information content (AvgIpc) is 3.22. The van der Waals surface area contributed by atoms with Crippen LogP contribution in [0.4, 0.5) is 9.18 Å². The molecule has 0 aliphatic carbocycles. The van der Waals surface area contributed by atoms with Gasteiger partial charge in [0, 0.05) is 14.1 Å². The topological polar surface area (TPSA) is 87.1 Å². The maximum absolute atomic E-state index is 13.6. The SMILES string of the molecule is CB(O)N1CCC(c2ccc(S(=O)(=O)c3cccc(F)c3)cc2COC(=O)N(C)C)C1. The molecule has 1 saturated heterocycles. The molecule has 10 heteroatoms. The lowest BCUT2D eigenvalue weighted by atomic mass is 9.85. The van der Waals surface area contributed by atoms with Gasteiger partial charge in [0.25, 0.3) is 0 Å². The smallest absolute Gasteiger partial charge is 0.409 e. The third kappa shape index (κ3) is 5.26. The lowest BCUT2D eigenvalue weighted by Crippen LogP contribution is -2.34. The van der Waals surface area contributed by atoms with E-state index < -0.39 is 28.8 Å². The van der Waals surface area contributed by atoms with Crippen molar-refractivity contribution in [3.05, 3.63) is 59.4 Å². The molecule has 0 radical (unpaired) electrons. The van der Waals surface area contributed by atoms with Gasteiger partial charge in [-0.25, -0.2) is 17.6 Å². The molecule has 0 aromatic heterocycles.